The molecule has 1 unspecified atom stereocenters. The molecule has 3 amide bonds. The van der Waals surface area contributed by atoms with Crippen molar-refractivity contribution in [3.63, 3.8) is 0 Å². The fraction of sp³-hybridized carbons (Fsp3) is 0.500. The molecular weight excluding hydrogens is 638 g/mol. The fourth-order valence-corrected chi connectivity index (χ4v) is 4.07. The number of aliphatic hydroxyl groups excluding tert-OH is 2. The lowest BCUT2D eigenvalue weighted by atomic mass is 10.1. The van der Waals surface area contributed by atoms with Crippen molar-refractivity contribution >= 4 is 30.6 Å². The summed E-state index contributed by atoms with van der Waals surface area (Å²) in [4.78, 5) is 59.1. The van der Waals surface area contributed by atoms with Crippen molar-refractivity contribution < 1.29 is 24.6 Å². The van der Waals surface area contributed by atoms with Gasteiger partial charge in [0.2, 0.25) is 6.41 Å². The minimum absolute atomic E-state index is 0.0228. The summed E-state index contributed by atoms with van der Waals surface area (Å²) < 4.78 is 0. The van der Waals surface area contributed by atoms with Gasteiger partial charge in [0, 0.05) is 59.6 Å². The first-order valence-electron chi connectivity index (χ1n) is 17.0. The number of nitrogens with zero attached hydrogens (tertiary/aromatic N) is 3. The Balaban J connectivity index is -0.000000362. The van der Waals surface area contributed by atoms with E-state index < -0.39 is 10.9 Å². The van der Waals surface area contributed by atoms with Crippen LogP contribution >= 0.6 is 0 Å². The standard InChI is InChI=1S/C20H22N2O3.C10H19N3O2.3C2H6.CH4O.CH2O/c1-14(13-23)8-6-7-9-15(2)22-18-17(19(24)20(18)25)21-12-16-10-4-3-5-11-16;1-9-6-12(8-14)4-5-13(7-9)10(15)11(2)3;5*1-2/h3-6,8-11,13,21-23H,7,12H2,1-2H3;8-9H,4-7H2,1-3H3;3*1-2H3;2H,1H3;1H2/b8-6?,14-13+,15-9+;;;;;;. The van der Waals surface area contributed by atoms with Crippen molar-refractivity contribution in [2.24, 2.45) is 5.92 Å². The van der Waals surface area contributed by atoms with Crippen LogP contribution in [0.4, 0.5) is 16.2 Å². The molecule has 2 aromatic rings. The largest absolute Gasteiger partial charge is 0.515 e. The Bertz CT molecular complexity index is 1300. The number of rotatable bonds is 9. The summed E-state index contributed by atoms with van der Waals surface area (Å²) in [6.45, 7) is 22.9. The molecule has 1 aliphatic heterocycles. The summed E-state index contributed by atoms with van der Waals surface area (Å²) in [6, 6.07) is 9.69. The lowest BCUT2D eigenvalue weighted by Crippen LogP contribution is -2.42. The molecule has 4 N–H and O–H groups in total. The second-order valence-electron chi connectivity index (χ2n) is 10.1. The van der Waals surface area contributed by atoms with Gasteiger partial charge in [-0.05, 0) is 37.3 Å². The summed E-state index contributed by atoms with van der Waals surface area (Å²) in [5, 5.41) is 21.8. The summed E-state index contributed by atoms with van der Waals surface area (Å²) >= 11 is 0. The predicted octanol–water partition coefficient (Wildman–Crippen LogP) is 6.20. The molecule has 1 saturated heterocycles. The molecule has 3 rings (SSSR count). The van der Waals surface area contributed by atoms with Crippen LogP contribution < -0.4 is 21.5 Å². The SMILES string of the molecule is C/C(C=CC/C=C(\C)Nc1c(NCc2ccccc2)c(=O)c1=O)=C\O.C=O.CC.CC.CC.CC1CN(C=O)CCN(C(=O)N(C)C)C1.CO. The number of hydrogen-bond acceptors (Lipinski definition) is 9. The van der Waals surface area contributed by atoms with E-state index in [2.05, 4.69) is 17.6 Å². The van der Waals surface area contributed by atoms with E-state index >= 15 is 0 Å². The summed E-state index contributed by atoms with van der Waals surface area (Å²) in [7, 11) is 4.49. The van der Waals surface area contributed by atoms with Crippen LogP contribution in [0.15, 0.2) is 75.7 Å². The first-order valence-corrected chi connectivity index (χ1v) is 17.0. The summed E-state index contributed by atoms with van der Waals surface area (Å²) in [6.07, 6.45) is 8.14. The van der Waals surface area contributed by atoms with Crippen molar-refractivity contribution in [2.45, 2.75) is 75.3 Å². The van der Waals surface area contributed by atoms with Gasteiger partial charge in [-0.2, -0.15) is 0 Å². The van der Waals surface area contributed by atoms with Crippen LogP contribution in [0.3, 0.4) is 0 Å². The maximum Gasteiger partial charge on any atom is 0.319 e. The van der Waals surface area contributed by atoms with E-state index in [0.717, 1.165) is 49.7 Å². The van der Waals surface area contributed by atoms with Crippen LogP contribution in [0.2, 0.25) is 0 Å². The highest BCUT2D eigenvalue weighted by atomic mass is 16.2. The number of hydrogen-bond donors (Lipinski definition) is 4. The monoisotopic (exact) mass is 703 g/mol. The average Bonchev–Trinajstić information content (AvgIpc) is 3.37. The maximum atomic E-state index is 11.8. The molecule has 2 aromatic carbocycles. The molecule has 12 nitrogen and oxygen atoms in total. The molecule has 1 atom stereocenters. The summed E-state index contributed by atoms with van der Waals surface area (Å²) in [5.74, 6) is 0.335. The normalized spacial score (nSPS) is 13.6. The van der Waals surface area contributed by atoms with Crippen molar-refractivity contribution in [2.75, 3.05) is 58.0 Å². The van der Waals surface area contributed by atoms with Crippen molar-refractivity contribution in [3.05, 3.63) is 92.1 Å². The van der Waals surface area contributed by atoms with Crippen LogP contribution in [-0.4, -0.2) is 91.5 Å². The smallest absolute Gasteiger partial charge is 0.319 e. The molecule has 12 heteroatoms. The van der Waals surface area contributed by atoms with Crippen molar-refractivity contribution in [3.8, 4) is 0 Å². The van der Waals surface area contributed by atoms with Crippen molar-refractivity contribution in [1.82, 2.24) is 14.7 Å². The molecule has 50 heavy (non-hydrogen) atoms. The number of amides is 3. The number of urea groups is 1. The van der Waals surface area contributed by atoms with Gasteiger partial charge >= 0.3 is 6.03 Å². The molecule has 0 saturated carbocycles. The number of nitrogens with one attached hydrogen (secondary N) is 2. The van der Waals surface area contributed by atoms with E-state index in [1.54, 1.807) is 41.8 Å². The number of carbonyl (C=O) groups excluding carboxylic acids is 3. The Morgan fingerprint density at radius 3 is 1.98 bits per heavy atom. The minimum Gasteiger partial charge on any atom is -0.515 e. The van der Waals surface area contributed by atoms with Crippen LogP contribution in [0, 0.1) is 5.92 Å². The van der Waals surface area contributed by atoms with Gasteiger partial charge in [-0.3, -0.25) is 14.4 Å². The van der Waals surface area contributed by atoms with E-state index in [1.807, 2.05) is 97.7 Å². The summed E-state index contributed by atoms with van der Waals surface area (Å²) in [5.41, 5.74) is 2.22. The van der Waals surface area contributed by atoms with E-state index in [0.29, 0.717) is 43.3 Å². The second-order valence-corrected chi connectivity index (χ2v) is 10.1. The minimum atomic E-state index is -0.502. The number of aliphatic hydroxyl groups is 2. The zero-order valence-corrected chi connectivity index (χ0v) is 32.6. The van der Waals surface area contributed by atoms with Gasteiger partial charge in [-0.15, -0.1) is 0 Å². The molecule has 1 aliphatic rings. The molecule has 1 fully saturated rings. The van der Waals surface area contributed by atoms with E-state index in [4.69, 9.17) is 15.0 Å². The number of carbonyl (C=O) groups is 3. The molecule has 0 radical (unpaired) electrons. The highest BCUT2D eigenvalue weighted by Crippen LogP contribution is 2.18. The third-order valence-corrected chi connectivity index (χ3v) is 6.23. The third-order valence-electron chi connectivity index (χ3n) is 6.23. The second kappa shape index (κ2) is 34.2. The lowest BCUT2D eigenvalue weighted by molar-refractivity contribution is -0.118. The molecule has 1 heterocycles. The molecular formula is C38H65N5O7. The Labute approximate surface area is 300 Å². The first kappa shape index (κ1) is 52.1. The van der Waals surface area contributed by atoms with E-state index in [9.17, 15) is 19.2 Å². The predicted molar refractivity (Wildman–Crippen MR) is 209 cm³/mol. The Hall–Kier alpha value is -4.71. The van der Waals surface area contributed by atoms with Crippen LogP contribution in [-0.2, 0) is 16.1 Å². The van der Waals surface area contributed by atoms with E-state index in [-0.39, 0.29) is 6.03 Å². The van der Waals surface area contributed by atoms with Crippen LogP contribution in [0.5, 0.6) is 0 Å². The van der Waals surface area contributed by atoms with Gasteiger partial charge in [-0.1, -0.05) is 97.0 Å². The topological polar surface area (TPSA) is 160 Å². The van der Waals surface area contributed by atoms with Gasteiger partial charge in [-0.25, -0.2) is 4.79 Å². The van der Waals surface area contributed by atoms with Gasteiger partial charge in [0.05, 0.1) is 6.26 Å². The highest BCUT2D eigenvalue weighted by Gasteiger charge is 2.23. The van der Waals surface area contributed by atoms with Crippen LogP contribution in [0.25, 0.3) is 0 Å². The van der Waals surface area contributed by atoms with Crippen molar-refractivity contribution in [1.29, 1.82) is 0 Å². The quantitative estimate of drug-likeness (QED) is 0.103. The molecule has 0 spiro atoms. The van der Waals surface area contributed by atoms with Crippen LogP contribution in [0.1, 0.15) is 74.3 Å². The Morgan fingerprint density at radius 2 is 1.48 bits per heavy atom. The lowest BCUT2D eigenvalue weighted by Gasteiger charge is -2.25. The van der Waals surface area contributed by atoms with Gasteiger partial charge in [0.1, 0.15) is 18.2 Å². The molecule has 0 aromatic heterocycles. The third kappa shape index (κ3) is 21.3. The molecule has 284 valence electrons. The highest BCUT2D eigenvalue weighted by molar-refractivity contribution is 5.75. The Kier molecular flexibility index (Phi) is 35.6. The van der Waals surface area contributed by atoms with Gasteiger partial charge < -0.3 is 40.3 Å². The Morgan fingerprint density at radius 1 is 0.940 bits per heavy atom. The zero-order valence-electron chi connectivity index (χ0n) is 32.6. The van der Waals surface area contributed by atoms with Gasteiger partial charge in [0.15, 0.2) is 0 Å². The zero-order chi connectivity index (χ0) is 39.7. The molecule has 0 bridgehead atoms. The number of anilines is 2. The number of allylic oxidation sites excluding steroid dienone is 5. The van der Waals surface area contributed by atoms with E-state index in [1.165, 1.54) is 0 Å². The average molecular weight is 704 g/mol. The molecule has 0 aliphatic carbocycles. The number of benzene rings is 1. The van der Waals surface area contributed by atoms with Gasteiger partial charge in [0.25, 0.3) is 10.9 Å². The fourth-order valence-electron chi connectivity index (χ4n) is 4.07. The maximum absolute atomic E-state index is 11.8. The first-order chi connectivity index (χ1) is 24.1.